The summed E-state index contributed by atoms with van der Waals surface area (Å²) in [6, 6.07) is 0. The Morgan fingerprint density at radius 2 is 1.93 bits per heavy atom. The maximum absolute atomic E-state index is 10.9. The van der Waals surface area contributed by atoms with E-state index in [-0.39, 0.29) is 5.91 Å². The zero-order valence-corrected chi connectivity index (χ0v) is 10.0. The molecular weight excluding hydrogens is 188 g/mol. The Hall–Kier alpha value is -0.570. The van der Waals surface area contributed by atoms with Crippen LogP contribution in [0, 0.1) is 11.8 Å². The van der Waals surface area contributed by atoms with Gasteiger partial charge in [0.05, 0.1) is 6.54 Å². The van der Waals surface area contributed by atoms with E-state index in [9.17, 15) is 4.79 Å². The van der Waals surface area contributed by atoms with E-state index in [4.69, 9.17) is 0 Å². The van der Waals surface area contributed by atoms with E-state index in [0.29, 0.717) is 6.54 Å². The van der Waals surface area contributed by atoms with Gasteiger partial charge in [-0.1, -0.05) is 32.6 Å². The maximum atomic E-state index is 10.9. The highest BCUT2D eigenvalue weighted by molar-refractivity contribution is 5.77. The minimum atomic E-state index is 0.0762. The van der Waals surface area contributed by atoms with Crippen molar-refractivity contribution in [2.45, 2.75) is 39.0 Å². The first-order valence-corrected chi connectivity index (χ1v) is 6.13. The highest BCUT2D eigenvalue weighted by atomic mass is 16.1. The first-order chi connectivity index (χ1) is 7.22. The van der Waals surface area contributed by atoms with Crippen LogP contribution in [0.5, 0.6) is 0 Å². The van der Waals surface area contributed by atoms with Crippen molar-refractivity contribution in [2.24, 2.45) is 11.8 Å². The van der Waals surface area contributed by atoms with Crippen molar-refractivity contribution in [1.29, 1.82) is 0 Å². The molecule has 3 heteroatoms. The van der Waals surface area contributed by atoms with Gasteiger partial charge in [0.25, 0.3) is 0 Å². The lowest BCUT2D eigenvalue weighted by Gasteiger charge is -2.26. The molecule has 0 aromatic rings. The van der Waals surface area contributed by atoms with Crippen molar-refractivity contribution >= 4 is 5.91 Å². The zero-order valence-electron chi connectivity index (χ0n) is 10.0. The fourth-order valence-electron chi connectivity index (χ4n) is 2.21. The summed E-state index contributed by atoms with van der Waals surface area (Å²) in [6.45, 7) is 3.78. The van der Waals surface area contributed by atoms with E-state index in [2.05, 4.69) is 17.6 Å². The fourth-order valence-corrected chi connectivity index (χ4v) is 2.21. The van der Waals surface area contributed by atoms with Crippen molar-refractivity contribution in [2.75, 3.05) is 20.1 Å². The summed E-state index contributed by atoms with van der Waals surface area (Å²) in [7, 11) is 1.67. The van der Waals surface area contributed by atoms with Crippen molar-refractivity contribution in [3.05, 3.63) is 0 Å². The molecule has 0 unspecified atom stereocenters. The molecule has 1 fully saturated rings. The molecule has 88 valence electrons. The van der Waals surface area contributed by atoms with Gasteiger partial charge in [0.2, 0.25) is 5.91 Å². The maximum Gasteiger partial charge on any atom is 0.233 e. The number of hydrogen-bond donors (Lipinski definition) is 2. The van der Waals surface area contributed by atoms with Crippen LogP contribution < -0.4 is 10.6 Å². The van der Waals surface area contributed by atoms with Crippen LogP contribution in [0.15, 0.2) is 0 Å². The highest BCUT2D eigenvalue weighted by Gasteiger charge is 2.17. The summed E-state index contributed by atoms with van der Waals surface area (Å²) in [6.07, 6.45) is 6.76. The van der Waals surface area contributed by atoms with E-state index in [1.54, 1.807) is 7.05 Å². The molecule has 0 aliphatic heterocycles. The molecule has 0 heterocycles. The van der Waals surface area contributed by atoms with E-state index in [1.165, 1.54) is 32.1 Å². The van der Waals surface area contributed by atoms with E-state index in [1.807, 2.05) is 0 Å². The van der Waals surface area contributed by atoms with Gasteiger partial charge in [0, 0.05) is 7.05 Å². The van der Waals surface area contributed by atoms with Crippen molar-refractivity contribution < 1.29 is 4.79 Å². The second-order valence-electron chi connectivity index (χ2n) is 4.76. The normalized spacial score (nSPS) is 26.3. The van der Waals surface area contributed by atoms with Crippen LogP contribution in [-0.4, -0.2) is 26.0 Å². The number of carbonyl (C=O) groups excluding carboxylic acids is 1. The number of amides is 1. The van der Waals surface area contributed by atoms with Gasteiger partial charge >= 0.3 is 0 Å². The quantitative estimate of drug-likeness (QED) is 0.679. The fraction of sp³-hybridized carbons (Fsp3) is 0.917. The monoisotopic (exact) mass is 212 g/mol. The second kappa shape index (κ2) is 6.83. The van der Waals surface area contributed by atoms with Gasteiger partial charge in [-0.3, -0.25) is 4.79 Å². The van der Waals surface area contributed by atoms with E-state index >= 15 is 0 Å². The SMILES string of the molecule is CNC(=O)CNCCC1CCC(C)CC1. The topological polar surface area (TPSA) is 41.1 Å². The molecule has 1 aliphatic carbocycles. The van der Waals surface area contributed by atoms with Gasteiger partial charge in [0.1, 0.15) is 0 Å². The van der Waals surface area contributed by atoms with Gasteiger partial charge < -0.3 is 10.6 Å². The summed E-state index contributed by atoms with van der Waals surface area (Å²) in [5, 5.41) is 5.79. The largest absolute Gasteiger partial charge is 0.358 e. The standard InChI is InChI=1S/C12H24N2O/c1-10-3-5-11(6-4-10)7-8-14-9-12(15)13-2/h10-11,14H,3-9H2,1-2H3,(H,13,15). The predicted octanol–water partition coefficient (Wildman–Crippen LogP) is 1.54. The average Bonchev–Trinajstić information content (AvgIpc) is 2.26. The Bertz CT molecular complexity index is 186. The first kappa shape index (κ1) is 12.5. The van der Waals surface area contributed by atoms with E-state index < -0.39 is 0 Å². The molecule has 15 heavy (non-hydrogen) atoms. The van der Waals surface area contributed by atoms with Crippen LogP contribution in [0.1, 0.15) is 39.0 Å². The molecule has 0 atom stereocenters. The first-order valence-electron chi connectivity index (χ1n) is 6.13. The van der Waals surface area contributed by atoms with Crippen molar-refractivity contribution in [1.82, 2.24) is 10.6 Å². The number of carbonyl (C=O) groups is 1. The molecular formula is C12H24N2O. The number of hydrogen-bond acceptors (Lipinski definition) is 2. The summed E-state index contributed by atoms with van der Waals surface area (Å²) in [5.41, 5.74) is 0. The van der Waals surface area contributed by atoms with Crippen LogP contribution in [-0.2, 0) is 4.79 Å². The lowest BCUT2D eigenvalue weighted by Crippen LogP contribution is -2.32. The molecule has 2 N–H and O–H groups in total. The Morgan fingerprint density at radius 3 is 2.53 bits per heavy atom. The van der Waals surface area contributed by atoms with Gasteiger partial charge in [-0.2, -0.15) is 0 Å². The van der Waals surface area contributed by atoms with E-state index in [0.717, 1.165) is 18.4 Å². The predicted molar refractivity (Wildman–Crippen MR) is 62.7 cm³/mol. The average molecular weight is 212 g/mol. The molecule has 0 bridgehead atoms. The summed E-state index contributed by atoms with van der Waals surface area (Å²) in [4.78, 5) is 10.9. The molecule has 0 saturated heterocycles. The molecule has 0 spiro atoms. The van der Waals surface area contributed by atoms with Gasteiger partial charge in [-0.15, -0.1) is 0 Å². The smallest absolute Gasteiger partial charge is 0.233 e. The van der Waals surface area contributed by atoms with Gasteiger partial charge in [-0.05, 0) is 24.8 Å². The minimum absolute atomic E-state index is 0.0762. The molecule has 1 amide bonds. The summed E-state index contributed by atoms with van der Waals surface area (Å²) in [5.74, 6) is 1.89. The molecule has 0 radical (unpaired) electrons. The molecule has 3 nitrogen and oxygen atoms in total. The third-order valence-corrected chi connectivity index (χ3v) is 3.43. The van der Waals surface area contributed by atoms with Crippen LogP contribution in [0.3, 0.4) is 0 Å². The second-order valence-corrected chi connectivity index (χ2v) is 4.76. The number of rotatable bonds is 5. The molecule has 1 rings (SSSR count). The third-order valence-electron chi connectivity index (χ3n) is 3.43. The van der Waals surface area contributed by atoms with Crippen LogP contribution in [0.2, 0.25) is 0 Å². The third kappa shape index (κ3) is 5.17. The van der Waals surface area contributed by atoms with Crippen molar-refractivity contribution in [3.8, 4) is 0 Å². The zero-order chi connectivity index (χ0) is 11.1. The molecule has 1 aliphatic rings. The number of likely N-dealkylation sites (N-methyl/N-ethyl adjacent to an activating group) is 1. The molecule has 0 aromatic carbocycles. The van der Waals surface area contributed by atoms with Crippen molar-refractivity contribution in [3.63, 3.8) is 0 Å². The summed E-state index contributed by atoms with van der Waals surface area (Å²) >= 11 is 0. The van der Waals surface area contributed by atoms with Crippen LogP contribution in [0.4, 0.5) is 0 Å². The molecule has 0 aromatic heterocycles. The Kier molecular flexibility index (Phi) is 5.69. The highest BCUT2D eigenvalue weighted by Crippen LogP contribution is 2.29. The van der Waals surface area contributed by atoms with Crippen LogP contribution in [0.25, 0.3) is 0 Å². The van der Waals surface area contributed by atoms with Crippen LogP contribution >= 0.6 is 0 Å². The van der Waals surface area contributed by atoms with Gasteiger partial charge in [0.15, 0.2) is 0 Å². The Balaban J connectivity index is 1.98. The lowest BCUT2D eigenvalue weighted by molar-refractivity contribution is -0.119. The summed E-state index contributed by atoms with van der Waals surface area (Å²) < 4.78 is 0. The Labute approximate surface area is 93.0 Å². The Morgan fingerprint density at radius 1 is 1.27 bits per heavy atom. The molecule has 1 saturated carbocycles. The lowest BCUT2D eigenvalue weighted by atomic mass is 9.81. The van der Waals surface area contributed by atoms with Gasteiger partial charge in [-0.25, -0.2) is 0 Å². The number of nitrogens with one attached hydrogen (secondary N) is 2. The minimum Gasteiger partial charge on any atom is -0.358 e.